The number of unbranched alkanes of at least 4 members (excludes halogenated alkanes) is 11. The molecule has 0 aliphatic carbocycles. The third-order valence-electron chi connectivity index (χ3n) is 9.31. The monoisotopic (exact) mass is 789 g/mol. The van der Waals surface area contributed by atoms with Gasteiger partial charge < -0.3 is 39.4 Å². The van der Waals surface area contributed by atoms with Crippen molar-refractivity contribution in [2.24, 2.45) is 0 Å². The van der Waals surface area contributed by atoms with Crippen LogP contribution in [-0.4, -0.2) is 89.0 Å². The van der Waals surface area contributed by atoms with Gasteiger partial charge in [-0.1, -0.05) is 132 Å². The normalized spacial score (nSPS) is 21.1. The predicted molar refractivity (Wildman–Crippen MR) is 224 cm³/mol. The lowest BCUT2D eigenvalue weighted by Crippen LogP contribution is -2.59. The molecule has 0 aromatic heterocycles. The Labute approximate surface area is 338 Å². The summed E-state index contributed by atoms with van der Waals surface area (Å²) in [5.74, 6) is -0.896. The SMILES string of the molecule is CCCC/C=C/C/C=C/CCCCCCCC(=O)OC[C@H](CO[C@@H]1O[C@H](CO)[C@H](O)C(O)C1O)OC(=O)CCC/C=C/C/C=C/C/C=C/C/C=C/CCCCC. The minimum atomic E-state index is -1.61. The molecule has 1 rings (SSSR count). The summed E-state index contributed by atoms with van der Waals surface area (Å²) in [6.07, 6.45) is 37.7. The molecule has 10 heteroatoms. The molecule has 1 aliphatic heterocycles. The lowest BCUT2D eigenvalue weighted by molar-refractivity contribution is -0.305. The number of aliphatic hydroxyl groups is 4. The van der Waals surface area contributed by atoms with Crippen molar-refractivity contribution in [3.05, 3.63) is 72.9 Å². The molecule has 1 heterocycles. The van der Waals surface area contributed by atoms with Crippen molar-refractivity contribution in [2.75, 3.05) is 19.8 Å². The molecule has 0 bridgehead atoms. The van der Waals surface area contributed by atoms with E-state index < -0.39 is 55.4 Å². The maximum Gasteiger partial charge on any atom is 0.306 e. The zero-order chi connectivity index (χ0) is 40.9. The Balaban J connectivity index is 2.42. The number of hydrogen-bond acceptors (Lipinski definition) is 10. The summed E-state index contributed by atoms with van der Waals surface area (Å²) >= 11 is 0. The Hall–Kier alpha value is -2.86. The van der Waals surface area contributed by atoms with Gasteiger partial charge in [-0.05, 0) is 77.0 Å². The van der Waals surface area contributed by atoms with E-state index in [9.17, 15) is 30.0 Å². The molecule has 1 saturated heterocycles. The highest BCUT2D eigenvalue weighted by Crippen LogP contribution is 2.22. The summed E-state index contributed by atoms with van der Waals surface area (Å²) < 4.78 is 22.0. The summed E-state index contributed by atoms with van der Waals surface area (Å²) in [5.41, 5.74) is 0. The van der Waals surface area contributed by atoms with Crippen LogP contribution in [0.15, 0.2) is 72.9 Å². The Morgan fingerprint density at radius 3 is 1.61 bits per heavy atom. The number of carbonyl (C=O) groups is 2. The molecule has 4 N–H and O–H groups in total. The Bertz CT molecular complexity index is 1140. The van der Waals surface area contributed by atoms with Crippen molar-refractivity contribution in [3.63, 3.8) is 0 Å². The quantitative estimate of drug-likeness (QED) is 0.0283. The first-order valence-corrected chi connectivity index (χ1v) is 21.5. The van der Waals surface area contributed by atoms with Gasteiger partial charge in [-0.25, -0.2) is 0 Å². The van der Waals surface area contributed by atoms with Crippen LogP contribution in [0.4, 0.5) is 0 Å². The van der Waals surface area contributed by atoms with Gasteiger partial charge in [-0.15, -0.1) is 0 Å². The zero-order valence-electron chi connectivity index (χ0n) is 34.6. The van der Waals surface area contributed by atoms with E-state index in [2.05, 4.69) is 80.7 Å². The van der Waals surface area contributed by atoms with E-state index in [-0.39, 0.29) is 26.1 Å². The van der Waals surface area contributed by atoms with E-state index >= 15 is 0 Å². The average molecular weight is 789 g/mol. The minimum Gasteiger partial charge on any atom is -0.462 e. The molecule has 56 heavy (non-hydrogen) atoms. The molecule has 0 saturated carbocycles. The third kappa shape index (κ3) is 27.7. The number of allylic oxidation sites excluding steroid dienone is 12. The molecule has 0 spiro atoms. The summed E-state index contributed by atoms with van der Waals surface area (Å²) in [5, 5.41) is 40.0. The van der Waals surface area contributed by atoms with Crippen LogP contribution in [0.1, 0.15) is 149 Å². The van der Waals surface area contributed by atoms with Crippen LogP contribution >= 0.6 is 0 Å². The number of esters is 2. The summed E-state index contributed by atoms with van der Waals surface area (Å²) in [7, 11) is 0. The van der Waals surface area contributed by atoms with Crippen molar-refractivity contribution in [3.8, 4) is 0 Å². The molecular weight excluding hydrogens is 712 g/mol. The van der Waals surface area contributed by atoms with E-state index in [4.69, 9.17) is 18.9 Å². The highest BCUT2D eigenvalue weighted by Gasteiger charge is 2.44. The van der Waals surface area contributed by atoms with Crippen LogP contribution in [-0.2, 0) is 28.5 Å². The van der Waals surface area contributed by atoms with Crippen LogP contribution in [0.5, 0.6) is 0 Å². The van der Waals surface area contributed by atoms with Crippen LogP contribution in [0.2, 0.25) is 0 Å². The third-order valence-corrected chi connectivity index (χ3v) is 9.31. The summed E-state index contributed by atoms with van der Waals surface area (Å²) in [6.45, 7) is 3.26. The van der Waals surface area contributed by atoms with Gasteiger partial charge in [-0.3, -0.25) is 9.59 Å². The molecule has 0 radical (unpaired) electrons. The van der Waals surface area contributed by atoms with E-state index in [1.54, 1.807) is 0 Å². The topological polar surface area (TPSA) is 152 Å². The van der Waals surface area contributed by atoms with Gasteiger partial charge in [0.15, 0.2) is 12.4 Å². The number of rotatable bonds is 34. The van der Waals surface area contributed by atoms with E-state index in [1.165, 1.54) is 32.1 Å². The molecule has 2 unspecified atom stereocenters. The Morgan fingerprint density at radius 2 is 1.04 bits per heavy atom. The largest absolute Gasteiger partial charge is 0.462 e. The smallest absolute Gasteiger partial charge is 0.306 e. The van der Waals surface area contributed by atoms with Gasteiger partial charge in [0.05, 0.1) is 13.2 Å². The molecule has 6 atom stereocenters. The van der Waals surface area contributed by atoms with Gasteiger partial charge in [0.25, 0.3) is 0 Å². The highest BCUT2D eigenvalue weighted by molar-refractivity contribution is 5.70. The van der Waals surface area contributed by atoms with Gasteiger partial charge in [0.1, 0.15) is 31.0 Å². The molecule has 1 aliphatic rings. The first-order chi connectivity index (χ1) is 27.3. The van der Waals surface area contributed by atoms with Crippen molar-refractivity contribution >= 4 is 11.9 Å². The van der Waals surface area contributed by atoms with Gasteiger partial charge in [0.2, 0.25) is 0 Å². The maximum atomic E-state index is 12.7. The first-order valence-electron chi connectivity index (χ1n) is 21.5. The van der Waals surface area contributed by atoms with Crippen molar-refractivity contribution in [2.45, 2.75) is 185 Å². The molecule has 1 fully saturated rings. The fourth-order valence-electron chi connectivity index (χ4n) is 5.84. The maximum absolute atomic E-state index is 12.7. The molecular formula is C46H76O10. The van der Waals surface area contributed by atoms with Crippen LogP contribution in [0.3, 0.4) is 0 Å². The summed E-state index contributed by atoms with van der Waals surface area (Å²) in [4.78, 5) is 25.3. The predicted octanol–water partition coefficient (Wildman–Crippen LogP) is 8.83. The van der Waals surface area contributed by atoms with Gasteiger partial charge in [-0.2, -0.15) is 0 Å². The van der Waals surface area contributed by atoms with E-state index in [1.807, 2.05) is 6.08 Å². The number of hydrogen-bond donors (Lipinski definition) is 4. The van der Waals surface area contributed by atoms with Gasteiger partial charge in [0, 0.05) is 12.8 Å². The zero-order valence-corrected chi connectivity index (χ0v) is 34.6. The Morgan fingerprint density at radius 1 is 0.554 bits per heavy atom. The van der Waals surface area contributed by atoms with E-state index in [0.29, 0.717) is 19.3 Å². The fourth-order valence-corrected chi connectivity index (χ4v) is 5.84. The highest BCUT2D eigenvalue weighted by atomic mass is 16.7. The first kappa shape index (κ1) is 51.2. The number of carbonyl (C=O) groups excluding carboxylic acids is 2. The van der Waals surface area contributed by atoms with E-state index in [0.717, 1.165) is 70.6 Å². The lowest BCUT2D eigenvalue weighted by Gasteiger charge is -2.39. The second-order valence-corrected chi connectivity index (χ2v) is 14.4. The molecule has 10 nitrogen and oxygen atoms in total. The second kappa shape index (κ2) is 36.5. The molecule has 0 aromatic rings. The van der Waals surface area contributed by atoms with Crippen molar-refractivity contribution in [1.29, 1.82) is 0 Å². The van der Waals surface area contributed by atoms with Crippen LogP contribution in [0.25, 0.3) is 0 Å². The fraction of sp³-hybridized carbons (Fsp3) is 0.696. The number of aliphatic hydroxyl groups excluding tert-OH is 4. The Kier molecular flexibility index (Phi) is 33.3. The average Bonchev–Trinajstić information content (AvgIpc) is 3.19. The summed E-state index contributed by atoms with van der Waals surface area (Å²) in [6, 6.07) is 0. The second-order valence-electron chi connectivity index (χ2n) is 14.4. The molecule has 0 aromatic carbocycles. The van der Waals surface area contributed by atoms with Gasteiger partial charge >= 0.3 is 11.9 Å². The molecule has 0 amide bonds. The molecule has 320 valence electrons. The van der Waals surface area contributed by atoms with Crippen molar-refractivity contribution < 1.29 is 49.0 Å². The minimum absolute atomic E-state index is 0.147. The van der Waals surface area contributed by atoms with Crippen LogP contribution < -0.4 is 0 Å². The standard InChI is InChI=1S/C46H76O10/c1-3-5-7-9-11-13-15-17-19-20-21-23-25-27-29-31-33-35-42(49)55-39(38-54-46-45(52)44(51)43(50)40(36-47)56-46)37-53-41(48)34-32-30-28-26-24-22-18-16-14-12-10-8-6-4-2/h10-13,16-19,21,23,27,29,39-40,43-47,50-52H,3-9,14-15,20,22,24-26,28,30-38H2,1-2H3/b12-10+,13-11+,18-16+,19-17+,23-21+,29-27+/t39-,40-,43+,44?,45?,46-/m1/s1. The van der Waals surface area contributed by atoms with Crippen molar-refractivity contribution in [1.82, 2.24) is 0 Å². The van der Waals surface area contributed by atoms with Crippen LogP contribution in [0, 0.1) is 0 Å². The lowest BCUT2D eigenvalue weighted by atomic mass is 9.99. The number of ether oxygens (including phenoxy) is 4.